The van der Waals surface area contributed by atoms with Gasteiger partial charge in [0.25, 0.3) is 0 Å². The molecular formula is C24H31F2N5O5S2. The van der Waals surface area contributed by atoms with Gasteiger partial charge in [0.15, 0.2) is 0 Å². The summed E-state index contributed by atoms with van der Waals surface area (Å²) in [6.07, 6.45) is 8.46. The predicted octanol–water partition coefficient (Wildman–Crippen LogP) is 3.49. The maximum atomic E-state index is 15.0. The second-order valence-corrected chi connectivity index (χ2v) is 13.7. The van der Waals surface area contributed by atoms with Crippen molar-refractivity contribution >= 4 is 37.4 Å². The fraction of sp³-hybridized carbons (Fsp3) is 0.542. The number of aromatic nitrogens is 2. The quantitative estimate of drug-likeness (QED) is 0.463. The molecule has 1 saturated carbocycles. The first-order valence-corrected chi connectivity index (χ1v) is 16.0. The van der Waals surface area contributed by atoms with Gasteiger partial charge >= 0.3 is 0 Å². The minimum absolute atomic E-state index is 0.0198. The molecule has 4 rings (SSSR count). The first-order valence-electron chi connectivity index (χ1n) is 12.3. The molecule has 0 amide bonds. The van der Waals surface area contributed by atoms with Gasteiger partial charge in [-0.15, -0.1) is 0 Å². The van der Waals surface area contributed by atoms with Crippen molar-refractivity contribution in [3.05, 3.63) is 47.3 Å². The summed E-state index contributed by atoms with van der Waals surface area (Å²) in [5.41, 5.74) is 1.08. The zero-order valence-corrected chi connectivity index (χ0v) is 23.1. The highest BCUT2D eigenvalue weighted by molar-refractivity contribution is 8.09. The van der Waals surface area contributed by atoms with Gasteiger partial charge in [0.05, 0.1) is 18.2 Å². The summed E-state index contributed by atoms with van der Waals surface area (Å²) < 4.78 is 77.6. The smallest absolute Gasteiger partial charge is 0.245 e. The largest absolute Gasteiger partial charge is 0.392 e. The number of sulfonamides is 2. The van der Waals surface area contributed by atoms with Gasteiger partial charge in [0.2, 0.25) is 26.0 Å². The molecule has 1 aromatic carbocycles. The lowest BCUT2D eigenvalue weighted by molar-refractivity contribution is 0.0406. The number of piperidine rings is 1. The molecule has 1 saturated heterocycles. The van der Waals surface area contributed by atoms with Crippen LogP contribution in [0, 0.1) is 18.6 Å². The Labute approximate surface area is 221 Å². The maximum absolute atomic E-state index is 15.0. The molecule has 0 spiro atoms. The fourth-order valence-electron chi connectivity index (χ4n) is 4.82. The summed E-state index contributed by atoms with van der Waals surface area (Å²) in [5, 5.41) is 4.33. The number of halogens is 2. The molecular weight excluding hydrogens is 540 g/mol. The van der Waals surface area contributed by atoms with Crippen LogP contribution in [-0.2, 0) is 24.9 Å². The van der Waals surface area contributed by atoms with E-state index in [9.17, 15) is 25.6 Å². The number of anilines is 2. The summed E-state index contributed by atoms with van der Waals surface area (Å²) in [6.45, 7) is 3.46. The Morgan fingerprint density at radius 2 is 1.53 bits per heavy atom. The van der Waals surface area contributed by atoms with Gasteiger partial charge in [0.1, 0.15) is 23.4 Å². The van der Waals surface area contributed by atoms with Gasteiger partial charge in [-0.3, -0.25) is 0 Å². The molecule has 2 heterocycles. The van der Waals surface area contributed by atoms with Crippen LogP contribution in [-0.4, -0.2) is 64.2 Å². The second-order valence-electron chi connectivity index (χ2n) is 9.83. The topological polar surface area (TPSA) is 122 Å². The van der Waals surface area contributed by atoms with E-state index in [1.165, 1.54) is 0 Å². The predicted molar refractivity (Wildman–Crippen MR) is 140 cm³/mol. The average Bonchev–Trinajstić information content (AvgIpc) is 2.84. The number of benzene rings is 1. The molecule has 0 atom stereocenters. The van der Waals surface area contributed by atoms with Gasteiger partial charge in [-0.1, -0.05) is 5.16 Å². The number of oxime groups is 1. The van der Waals surface area contributed by atoms with Crippen molar-refractivity contribution in [1.82, 2.24) is 9.97 Å². The highest BCUT2D eigenvalue weighted by atomic mass is 32.3. The SMILES string of the molecule is Cc1cnc(N2CCC(ON=C3CCC(c4cc(F)c(N(S(C)(=O)=O)S(C)(=O)=O)cc4F)CC3)CC2)nc1. The molecule has 14 heteroatoms. The van der Waals surface area contributed by atoms with Gasteiger partial charge in [-0.2, -0.15) is 3.71 Å². The van der Waals surface area contributed by atoms with E-state index in [1.54, 1.807) is 12.4 Å². The van der Waals surface area contributed by atoms with Crippen LogP contribution in [0.4, 0.5) is 20.4 Å². The molecule has 2 aromatic rings. The lowest BCUT2D eigenvalue weighted by atomic mass is 9.83. The van der Waals surface area contributed by atoms with Gasteiger partial charge in [0, 0.05) is 44.4 Å². The van der Waals surface area contributed by atoms with Crippen LogP contribution < -0.4 is 8.61 Å². The van der Waals surface area contributed by atoms with Crippen molar-refractivity contribution in [2.24, 2.45) is 5.16 Å². The van der Waals surface area contributed by atoms with Crippen LogP contribution in [0.3, 0.4) is 0 Å². The third-order valence-electron chi connectivity index (χ3n) is 6.69. The van der Waals surface area contributed by atoms with E-state index >= 15 is 0 Å². The molecule has 0 unspecified atom stereocenters. The van der Waals surface area contributed by atoms with Crippen molar-refractivity contribution < 1.29 is 30.5 Å². The second kappa shape index (κ2) is 11.1. The fourth-order valence-corrected chi connectivity index (χ4v) is 7.78. The summed E-state index contributed by atoms with van der Waals surface area (Å²) in [7, 11) is -8.79. The van der Waals surface area contributed by atoms with Crippen molar-refractivity contribution in [2.45, 2.75) is 57.5 Å². The van der Waals surface area contributed by atoms with Gasteiger partial charge in [-0.05, 0) is 55.7 Å². The zero-order valence-electron chi connectivity index (χ0n) is 21.5. The molecule has 1 aliphatic heterocycles. The highest BCUT2D eigenvalue weighted by Crippen LogP contribution is 2.37. The van der Waals surface area contributed by atoms with E-state index in [0.717, 1.165) is 43.3 Å². The number of aryl methyl sites for hydroxylation is 1. The molecule has 2 fully saturated rings. The third kappa shape index (κ3) is 6.57. The molecule has 208 valence electrons. The van der Waals surface area contributed by atoms with E-state index in [2.05, 4.69) is 20.0 Å². The van der Waals surface area contributed by atoms with Crippen molar-refractivity contribution in [2.75, 3.05) is 34.2 Å². The molecule has 0 bridgehead atoms. The lowest BCUT2D eigenvalue weighted by Gasteiger charge is -2.31. The molecule has 38 heavy (non-hydrogen) atoms. The molecule has 1 aliphatic carbocycles. The maximum Gasteiger partial charge on any atom is 0.245 e. The number of rotatable bonds is 7. The van der Waals surface area contributed by atoms with E-state index in [4.69, 9.17) is 4.84 Å². The Kier molecular flexibility index (Phi) is 8.21. The highest BCUT2D eigenvalue weighted by Gasteiger charge is 2.32. The van der Waals surface area contributed by atoms with Crippen LogP contribution in [0.1, 0.15) is 55.6 Å². The number of hydrogen-bond acceptors (Lipinski definition) is 9. The minimum Gasteiger partial charge on any atom is -0.392 e. The van der Waals surface area contributed by atoms with Crippen molar-refractivity contribution in [1.29, 1.82) is 0 Å². The number of nitrogens with zero attached hydrogens (tertiary/aromatic N) is 5. The Bertz CT molecular complexity index is 1370. The molecule has 0 N–H and O–H groups in total. The van der Waals surface area contributed by atoms with E-state index < -0.39 is 37.4 Å². The third-order valence-corrected chi connectivity index (χ3v) is 9.91. The summed E-state index contributed by atoms with van der Waals surface area (Å²) in [6, 6.07) is 1.52. The van der Waals surface area contributed by atoms with Gasteiger partial charge < -0.3 is 9.74 Å². The van der Waals surface area contributed by atoms with Crippen LogP contribution in [0.25, 0.3) is 0 Å². The van der Waals surface area contributed by atoms with Crippen molar-refractivity contribution in [3.8, 4) is 0 Å². The number of hydrogen-bond donors (Lipinski definition) is 0. The summed E-state index contributed by atoms with van der Waals surface area (Å²) in [5.74, 6) is -1.59. The van der Waals surface area contributed by atoms with Crippen LogP contribution >= 0.6 is 0 Å². The Morgan fingerprint density at radius 3 is 2.08 bits per heavy atom. The summed E-state index contributed by atoms with van der Waals surface area (Å²) in [4.78, 5) is 16.6. The molecule has 1 aromatic heterocycles. The molecule has 2 aliphatic rings. The molecule has 0 radical (unpaired) electrons. The Hall–Kier alpha value is -2.87. The van der Waals surface area contributed by atoms with E-state index in [-0.39, 0.29) is 21.3 Å². The molecule has 10 nitrogen and oxygen atoms in total. The standard InChI is InChI=1S/C24H31F2N5O5S2/c1-16-14-27-24(28-15-16)30-10-8-19(9-11-30)36-29-18-6-4-17(5-7-18)20-12-22(26)23(13-21(20)25)31(37(2,32)33)38(3,34)35/h12-15,17,19H,4-11H2,1-3H3. The first-order chi connectivity index (χ1) is 17.8. The normalized spacial score (nSPS) is 19.3. The van der Waals surface area contributed by atoms with Crippen LogP contribution in [0.15, 0.2) is 29.7 Å². The zero-order chi connectivity index (χ0) is 27.7. The lowest BCUT2D eigenvalue weighted by Crippen LogP contribution is -2.37. The Balaban J connectivity index is 1.34. The van der Waals surface area contributed by atoms with E-state index in [1.807, 2.05) is 6.92 Å². The van der Waals surface area contributed by atoms with E-state index in [0.29, 0.717) is 50.2 Å². The van der Waals surface area contributed by atoms with Crippen LogP contribution in [0.5, 0.6) is 0 Å². The van der Waals surface area contributed by atoms with Gasteiger partial charge in [-0.25, -0.2) is 35.6 Å². The van der Waals surface area contributed by atoms with Crippen molar-refractivity contribution in [3.63, 3.8) is 0 Å². The first kappa shape index (κ1) is 28.1. The minimum atomic E-state index is -4.39. The summed E-state index contributed by atoms with van der Waals surface area (Å²) >= 11 is 0. The monoisotopic (exact) mass is 571 g/mol. The van der Waals surface area contributed by atoms with Crippen LogP contribution in [0.2, 0.25) is 0 Å². The average molecular weight is 572 g/mol. The Morgan fingerprint density at radius 1 is 0.947 bits per heavy atom.